The van der Waals surface area contributed by atoms with E-state index in [1.54, 1.807) is 54.6 Å². The van der Waals surface area contributed by atoms with Crippen LogP contribution >= 0.6 is 0 Å². The number of hydrogen-bond acceptors (Lipinski definition) is 9. The van der Waals surface area contributed by atoms with Crippen LogP contribution in [0.5, 0.6) is 11.5 Å². The first kappa shape index (κ1) is 26.8. The topological polar surface area (TPSA) is 124 Å². The third-order valence-electron chi connectivity index (χ3n) is 6.05. The van der Waals surface area contributed by atoms with Gasteiger partial charge in [-0.2, -0.15) is 5.26 Å². The maximum Gasteiger partial charge on any atom is 0.355 e. The minimum atomic E-state index is -0.941. The second-order valence-electron chi connectivity index (χ2n) is 8.34. The Labute approximate surface area is 226 Å². The number of methoxy groups -OCH3 is 2. The molecule has 0 spiro atoms. The Morgan fingerprint density at radius 2 is 1.44 bits per heavy atom. The van der Waals surface area contributed by atoms with Gasteiger partial charge in [0.25, 0.3) is 0 Å². The molecule has 0 saturated carbocycles. The molecule has 2 N–H and O–H groups in total. The van der Waals surface area contributed by atoms with E-state index in [2.05, 4.69) is 6.07 Å². The molecule has 3 aromatic carbocycles. The predicted molar refractivity (Wildman–Crippen MR) is 143 cm³/mol. The van der Waals surface area contributed by atoms with Crippen LogP contribution in [0, 0.1) is 11.3 Å². The van der Waals surface area contributed by atoms with Crippen LogP contribution in [0.15, 0.2) is 108 Å². The fraction of sp³-hybridized carbons (Fsp3) is 0.167. The molecule has 0 amide bonds. The van der Waals surface area contributed by atoms with Gasteiger partial charge in [0, 0.05) is 6.07 Å². The molecule has 0 aromatic heterocycles. The molecule has 0 radical (unpaired) electrons. The highest BCUT2D eigenvalue weighted by atomic mass is 16.5. The summed E-state index contributed by atoms with van der Waals surface area (Å²) < 4.78 is 21.7. The lowest BCUT2D eigenvalue weighted by atomic mass is 9.81. The minimum Gasteiger partial charge on any atom is -0.490 e. The van der Waals surface area contributed by atoms with E-state index in [4.69, 9.17) is 24.7 Å². The van der Waals surface area contributed by atoms with Crippen molar-refractivity contribution in [1.29, 1.82) is 5.26 Å². The molecule has 9 heteroatoms. The molecule has 198 valence electrons. The van der Waals surface area contributed by atoms with Gasteiger partial charge in [0.05, 0.1) is 43.0 Å². The summed E-state index contributed by atoms with van der Waals surface area (Å²) in [7, 11) is 2.41. The van der Waals surface area contributed by atoms with Crippen LogP contribution < -0.4 is 20.1 Å². The average Bonchev–Trinajstić information content (AvgIpc) is 2.99. The van der Waals surface area contributed by atoms with Crippen molar-refractivity contribution in [2.75, 3.05) is 32.3 Å². The van der Waals surface area contributed by atoms with E-state index in [-0.39, 0.29) is 29.3 Å². The Kier molecular flexibility index (Phi) is 8.49. The van der Waals surface area contributed by atoms with Gasteiger partial charge < -0.3 is 24.7 Å². The molecular formula is C30H27N3O6. The van der Waals surface area contributed by atoms with Crippen LogP contribution in [-0.2, 0) is 19.1 Å². The normalized spacial score (nSPS) is 14.9. The summed E-state index contributed by atoms with van der Waals surface area (Å²) >= 11 is 0. The molecule has 0 saturated heterocycles. The molecule has 0 aliphatic carbocycles. The zero-order chi connectivity index (χ0) is 27.8. The van der Waals surface area contributed by atoms with Gasteiger partial charge in [-0.1, -0.05) is 54.6 Å². The Morgan fingerprint density at radius 1 is 0.846 bits per heavy atom. The van der Waals surface area contributed by atoms with Gasteiger partial charge in [0.15, 0.2) is 0 Å². The number of rotatable bonds is 9. The Balaban J connectivity index is 1.74. The smallest absolute Gasteiger partial charge is 0.355 e. The van der Waals surface area contributed by atoms with E-state index in [9.17, 15) is 14.9 Å². The second-order valence-corrected chi connectivity index (χ2v) is 8.34. The fourth-order valence-electron chi connectivity index (χ4n) is 4.33. The number of allylic oxidation sites excluding steroid dienone is 1. The highest BCUT2D eigenvalue weighted by Gasteiger charge is 2.43. The van der Waals surface area contributed by atoms with Crippen LogP contribution in [0.2, 0.25) is 0 Å². The zero-order valence-corrected chi connectivity index (χ0v) is 21.5. The molecule has 1 heterocycles. The summed E-state index contributed by atoms with van der Waals surface area (Å²) in [6.45, 7) is 0.549. The maximum absolute atomic E-state index is 13.2. The molecule has 0 bridgehead atoms. The van der Waals surface area contributed by atoms with E-state index in [1.165, 1.54) is 19.1 Å². The summed E-state index contributed by atoms with van der Waals surface area (Å²) in [5.74, 6) is -1.39. The van der Waals surface area contributed by atoms with E-state index in [0.29, 0.717) is 23.6 Å². The number of para-hydroxylation sites is 1. The molecule has 1 aliphatic rings. The average molecular weight is 526 g/mol. The second kappa shape index (κ2) is 12.3. The van der Waals surface area contributed by atoms with Gasteiger partial charge in [-0.3, -0.25) is 4.90 Å². The quantitative estimate of drug-likeness (QED) is 0.325. The standard InChI is InChI=1S/C30H27N3O6/c1-36-29(34)26-25(20-10-5-3-6-11-20)24(19-31)28(32)33(27(26)30(35)37-2)21-12-9-15-23(18-21)39-17-16-38-22-13-7-4-8-14-22/h3-15,18,25H,16-17,32H2,1-2H3. The van der Waals surface area contributed by atoms with Crippen molar-refractivity contribution < 1.29 is 28.5 Å². The monoisotopic (exact) mass is 525 g/mol. The zero-order valence-electron chi connectivity index (χ0n) is 21.5. The van der Waals surface area contributed by atoms with Crippen LogP contribution in [0.25, 0.3) is 0 Å². The van der Waals surface area contributed by atoms with E-state index < -0.39 is 17.9 Å². The largest absolute Gasteiger partial charge is 0.490 e. The first-order valence-corrected chi connectivity index (χ1v) is 12.1. The lowest BCUT2D eigenvalue weighted by Crippen LogP contribution is -2.40. The molecule has 1 atom stereocenters. The number of carbonyl (C=O) groups excluding carboxylic acids is 2. The lowest BCUT2D eigenvalue weighted by molar-refractivity contribution is -0.139. The van der Waals surface area contributed by atoms with E-state index in [1.807, 2.05) is 30.3 Å². The predicted octanol–water partition coefficient (Wildman–Crippen LogP) is 4.04. The number of ether oxygens (including phenoxy) is 4. The summed E-state index contributed by atoms with van der Waals surface area (Å²) in [6.07, 6.45) is 0. The molecule has 1 aliphatic heterocycles. The third kappa shape index (κ3) is 5.70. The number of hydrogen-bond donors (Lipinski definition) is 1. The Morgan fingerprint density at radius 3 is 2.05 bits per heavy atom. The molecule has 4 rings (SSSR count). The number of carbonyl (C=O) groups is 2. The third-order valence-corrected chi connectivity index (χ3v) is 6.05. The number of nitriles is 1. The van der Waals surface area contributed by atoms with Gasteiger partial charge >= 0.3 is 11.9 Å². The van der Waals surface area contributed by atoms with Crippen molar-refractivity contribution in [2.45, 2.75) is 5.92 Å². The van der Waals surface area contributed by atoms with Crippen molar-refractivity contribution in [3.8, 4) is 17.6 Å². The maximum atomic E-state index is 13.2. The van der Waals surface area contributed by atoms with Crippen molar-refractivity contribution in [3.05, 3.63) is 113 Å². The van der Waals surface area contributed by atoms with Crippen LogP contribution in [0.3, 0.4) is 0 Å². The molecular weight excluding hydrogens is 498 g/mol. The first-order valence-electron chi connectivity index (χ1n) is 12.1. The molecule has 3 aromatic rings. The van der Waals surface area contributed by atoms with Gasteiger partial charge in [0.1, 0.15) is 36.2 Å². The first-order chi connectivity index (χ1) is 19.0. The number of nitrogens with two attached hydrogens (primary N) is 1. The lowest BCUT2D eigenvalue weighted by Gasteiger charge is -2.36. The van der Waals surface area contributed by atoms with Crippen molar-refractivity contribution in [2.24, 2.45) is 5.73 Å². The van der Waals surface area contributed by atoms with Crippen molar-refractivity contribution >= 4 is 17.6 Å². The molecule has 39 heavy (non-hydrogen) atoms. The highest BCUT2D eigenvalue weighted by molar-refractivity contribution is 6.06. The van der Waals surface area contributed by atoms with E-state index in [0.717, 1.165) is 5.75 Å². The van der Waals surface area contributed by atoms with Crippen LogP contribution in [0.1, 0.15) is 11.5 Å². The Hall–Kier alpha value is -5.23. The number of anilines is 1. The van der Waals surface area contributed by atoms with Crippen LogP contribution in [0.4, 0.5) is 5.69 Å². The number of benzene rings is 3. The summed E-state index contributed by atoms with van der Waals surface area (Å²) in [5, 5.41) is 10.2. The molecule has 1 unspecified atom stereocenters. The Bertz CT molecular complexity index is 1440. The SMILES string of the molecule is COC(=O)C1=C(C(=O)OC)N(c2cccc(OCCOc3ccccc3)c2)C(N)=C(C#N)C1c1ccccc1. The fourth-order valence-corrected chi connectivity index (χ4v) is 4.33. The van der Waals surface area contributed by atoms with Gasteiger partial charge in [-0.05, 0) is 29.8 Å². The number of esters is 2. The van der Waals surface area contributed by atoms with Crippen molar-refractivity contribution in [1.82, 2.24) is 0 Å². The summed E-state index contributed by atoms with van der Waals surface area (Å²) in [6, 6.07) is 27.1. The summed E-state index contributed by atoms with van der Waals surface area (Å²) in [4.78, 5) is 27.7. The number of nitrogens with zero attached hydrogens (tertiary/aromatic N) is 2. The molecule has 9 nitrogen and oxygen atoms in total. The van der Waals surface area contributed by atoms with Gasteiger partial charge in [-0.25, -0.2) is 9.59 Å². The minimum absolute atomic E-state index is 0.0241. The summed E-state index contributed by atoms with van der Waals surface area (Å²) in [5.41, 5.74) is 7.38. The van der Waals surface area contributed by atoms with Gasteiger partial charge in [-0.15, -0.1) is 0 Å². The van der Waals surface area contributed by atoms with E-state index >= 15 is 0 Å². The van der Waals surface area contributed by atoms with Crippen LogP contribution in [-0.4, -0.2) is 39.4 Å². The highest BCUT2D eigenvalue weighted by Crippen LogP contribution is 2.43. The molecule has 0 fully saturated rings. The van der Waals surface area contributed by atoms with Crippen molar-refractivity contribution in [3.63, 3.8) is 0 Å². The van der Waals surface area contributed by atoms with Gasteiger partial charge in [0.2, 0.25) is 0 Å².